The van der Waals surface area contributed by atoms with Crippen LogP contribution >= 0.6 is 0 Å². The smallest absolute Gasteiger partial charge is 0.129 e. The van der Waals surface area contributed by atoms with Crippen molar-refractivity contribution in [2.75, 3.05) is 32.2 Å². The zero-order valence-electron chi connectivity index (χ0n) is 11.0. The Bertz CT molecular complexity index is 386. The van der Waals surface area contributed by atoms with E-state index in [9.17, 15) is 5.11 Å². The molecular formula is C13H20N2O3. The summed E-state index contributed by atoms with van der Waals surface area (Å²) >= 11 is 0. The summed E-state index contributed by atoms with van der Waals surface area (Å²) in [6.45, 7) is 3.26. The molecule has 1 aromatic rings. The van der Waals surface area contributed by atoms with Gasteiger partial charge in [0.2, 0.25) is 0 Å². The number of aliphatic hydroxyl groups is 1. The molecule has 2 rings (SSSR count). The van der Waals surface area contributed by atoms with Crippen molar-refractivity contribution in [1.82, 2.24) is 4.98 Å². The Hall–Kier alpha value is -1.17. The molecule has 0 amide bonds. The van der Waals surface area contributed by atoms with E-state index < -0.39 is 6.10 Å². The lowest BCUT2D eigenvalue weighted by molar-refractivity contribution is -0.00461. The number of methoxy groups -OCH3 is 2. The van der Waals surface area contributed by atoms with Crippen LogP contribution in [0.15, 0.2) is 18.3 Å². The minimum absolute atomic E-state index is 0.0620. The standard InChI is InChI=1S/C13H20N2O3/c1-9(16)10-4-5-14-13(6-10)15-7-11(17-2)12(8-15)18-3/h4-6,9,11-12,16H,7-8H2,1-3H3/t9-,11?,12?/m0/s1. The summed E-state index contributed by atoms with van der Waals surface area (Å²) in [5.41, 5.74) is 0.870. The number of hydrogen-bond donors (Lipinski definition) is 1. The molecule has 5 heteroatoms. The van der Waals surface area contributed by atoms with Gasteiger partial charge in [-0.1, -0.05) is 0 Å². The molecule has 1 aromatic heterocycles. The summed E-state index contributed by atoms with van der Waals surface area (Å²) < 4.78 is 10.8. The molecule has 2 unspecified atom stereocenters. The lowest BCUT2D eigenvalue weighted by atomic mass is 10.2. The maximum absolute atomic E-state index is 9.59. The SMILES string of the molecule is COC1CN(c2cc([C@H](C)O)ccn2)CC1OC. The average molecular weight is 252 g/mol. The van der Waals surface area contributed by atoms with Crippen LogP contribution in [0.3, 0.4) is 0 Å². The molecule has 0 spiro atoms. The van der Waals surface area contributed by atoms with E-state index in [1.807, 2.05) is 12.1 Å². The Morgan fingerprint density at radius 1 is 1.33 bits per heavy atom. The fraction of sp³-hybridized carbons (Fsp3) is 0.615. The molecule has 100 valence electrons. The van der Waals surface area contributed by atoms with Gasteiger partial charge in [-0.05, 0) is 24.6 Å². The van der Waals surface area contributed by atoms with Crippen LogP contribution < -0.4 is 4.90 Å². The Kier molecular flexibility index (Phi) is 4.16. The normalized spacial score (nSPS) is 25.4. The minimum atomic E-state index is -0.481. The molecule has 0 aliphatic carbocycles. The number of ether oxygens (including phenoxy) is 2. The second kappa shape index (κ2) is 5.65. The quantitative estimate of drug-likeness (QED) is 0.866. The van der Waals surface area contributed by atoms with E-state index in [0.717, 1.165) is 24.5 Å². The van der Waals surface area contributed by atoms with Gasteiger partial charge in [-0.25, -0.2) is 4.98 Å². The minimum Gasteiger partial charge on any atom is -0.389 e. The van der Waals surface area contributed by atoms with Crippen LogP contribution in [-0.2, 0) is 9.47 Å². The molecule has 0 aromatic carbocycles. The third kappa shape index (κ3) is 2.63. The lowest BCUT2D eigenvalue weighted by Crippen LogP contribution is -2.27. The first-order valence-electron chi connectivity index (χ1n) is 6.10. The van der Waals surface area contributed by atoms with Gasteiger partial charge in [-0.2, -0.15) is 0 Å². The zero-order chi connectivity index (χ0) is 13.1. The molecule has 0 bridgehead atoms. The highest BCUT2D eigenvalue weighted by molar-refractivity contribution is 5.43. The van der Waals surface area contributed by atoms with Gasteiger partial charge in [0.15, 0.2) is 0 Å². The van der Waals surface area contributed by atoms with Crippen molar-refractivity contribution in [3.63, 3.8) is 0 Å². The van der Waals surface area contributed by atoms with Crippen LogP contribution in [0.25, 0.3) is 0 Å². The molecule has 0 radical (unpaired) electrons. The van der Waals surface area contributed by atoms with E-state index in [2.05, 4.69) is 9.88 Å². The number of pyridine rings is 1. The highest BCUT2D eigenvalue weighted by Crippen LogP contribution is 2.24. The molecule has 1 aliphatic rings. The Morgan fingerprint density at radius 3 is 2.44 bits per heavy atom. The van der Waals surface area contributed by atoms with Gasteiger partial charge >= 0.3 is 0 Å². The van der Waals surface area contributed by atoms with Crippen LogP contribution in [0.4, 0.5) is 5.82 Å². The second-order valence-electron chi connectivity index (χ2n) is 4.58. The monoisotopic (exact) mass is 252 g/mol. The summed E-state index contributed by atoms with van der Waals surface area (Å²) in [5, 5.41) is 9.59. The van der Waals surface area contributed by atoms with E-state index in [1.54, 1.807) is 27.3 Å². The van der Waals surface area contributed by atoms with Gasteiger partial charge in [0.25, 0.3) is 0 Å². The molecule has 1 aliphatic heterocycles. The van der Waals surface area contributed by atoms with Crippen molar-refractivity contribution in [2.45, 2.75) is 25.2 Å². The topological polar surface area (TPSA) is 54.8 Å². The molecule has 3 atom stereocenters. The van der Waals surface area contributed by atoms with Crippen LogP contribution in [0.2, 0.25) is 0 Å². The van der Waals surface area contributed by atoms with Crippen LogP contribution in [0.1, 0.15) is 18.6 Å². The first kappa shape index (κ1) is 13.3. The number of anilines is 1. The van der Waals surface area contributed by atoms with Gasteiger partial charge in [0, 0.05) is 33.5 Å². The summed E-state index contributed by atoms with van der Waals surface area (Å²) in [4.78, 5) is 6.46. The van der Waals surface area contributed by atoms with Gasteiger partial charge in [0.1, 0.15) is 18.0 Å². The van der Waals surface area contributed by atoms with Gasteiger partial charge in [-0.15, -0.1) is 0 Å². The molecule has 1 N–H and O–H groups in total. The molecule has 1 saturated heterocycles. The van der Waals surface area contributed by atoms with Gasteiger partial charge in [0.05, 0.1) is 6.10 Å². The van der Waals surface area contributed by atoms with Crippen molar-refractivity contribution < 1.29 is 14.6 Å². The fourth-order valence-electron chi connectivity index (χ4n) is 2.25. The molecular weight excluding hydrogens is 232 g/mol. The third-order valence-electron chi connectivity index (χ3n) is 3.40. The number of rotatable bonds is 4. The van der Waals surface area contributed by atoms with Crippen molar-refractivity contribution in [2.24, 2.45) is 0 Å². The first-order valence-corrected chi connectivity index (χ1v) is 6.10. The van der Waals surface area contributed by atoms with E-state index in [0.29, 0.717) is 0 Å². The maximum Gasteiger partial charge on any atom is 0.129 e. The van der Waals surface area contributed by atoms with Crippen molar-refractivity contribution in [3.05, 3.63) is 23.9 Å². The highest BCUT2D eigenvalue weighted by atomic mass is 16.5. The summed E-state index contributed by atoms with van der Waals surface area (Å²) in [6, 6.07) is 3.74. The number of aliphatic hydroxyl groups excluding tert-OH is 1. The lowest BCUT2D eigenvalue weighted by Gasteiger charge is -2.18. The second-order valence-corrected chi connectivity index (χ2v) is 4.58. The van der Waals surface area contributed by atoms with Gasteiger partial charge < -0.3 is 19.5 Å². The molecule has 5 nitrogen and oxygen atoms in total. The Balaban J connectivity index is 2.15. The Morgan fingerprint density at radius 2 is 1.94 bits per heavy atom. The zero-order valence-corrected chi connectivity index (χ0v) is 11.0. The largest absolute Gasteiger partial charge is 0.389 e. The van der Waals surface area contributed by atoms with Crippen LogP contribution in [0.5, 0.6) is 0 Å². The van der Waals surface area contributed by atoms with E-state index in [1.165, 1.54) is 0 Å². The van der Waals surface area contributed by atoms with Crippen LogP contribution in [-0.4, -0.2) is 49.6 Å². The van der Waals surface area contributed by atoms with E-state index >= 15 is 0 Å². The van der Waals surface area contributed by atoms with E-state index in [4.69, 9.17) is 9.47 Å². The van der Waals surface area contributed by atoms with Crippen molar-refractivity contribution >= 4 is 5.82 Å². The predicted octanol–water partition coefficient (Wildman–Crippen LogP) is 0.985. The molecule has 2 heterocycles. The number of aromatic nitrogens is 1. The maximum atomic E-state index is 9.59. The summed E-state index contributed by atoms with van der Waals surface area (Å²) in [7, 11) is 3.39. The summed E-state index contributed by atoms with van der Waals surface area (Å²) in [5.74, 6) is 0.856. The average Bonchev–Trinajstić information content (AvgIpc) is 2.82. The Labute approximate surface area is 107 Å². The summed E-state index contributed by atoms with van der Waals surface area (Å²) in [6.07, 6.45) is 1.36. The van der Waals surface area contributed by atoms with E-state index in [-0.39, 0.29) is 12.2 Å². The van der Waals surface area contributed by atoms with Crippen molar-refractivity contribution in [3.8, 4) is 0 Å². The molecule has 1 fully saturated rings. The highest BCUT2D eigenvalue weighted by Gasteiger charge is 2.33. The van der Waals surface area contributed by atoms with Gasteiger partial charge in [-0.3, -0.25) is 0 Å². The van der Waals surface area contributed by atoms with Crippen molar-refractivity contribution in [1.29, 1.82) is 0 Å². The number of nitrogens with zero attached hydrogens (tertiary/aromatic N) is 2. The van der Waals surface area contributed by atoms with Crippen LogP contribution in [0, 0.1) is 0 Å². The predicted molar refractivity (Wildman–Crippen MR) is 68.7 cm³/mol. The third-order valence-corrected chi connectivity index (χ3v) is 3.40. The fourth-order valence-corrected chi connectivity index (χ4v) is 2.25. The number of hydrogen-bond acceptors (Lipinski definition) is 5. The molecule has 0 saturated carbocycles. The molecule has 18 heavy (non-hydrogen) atoms. The first-order chi connectivity index (χ1) is 8.65.